The minimum absolute atomic E-state index is 0. The van der Waals surface area contributed by atoms with Gasteiger partial charge in [-0.05, 0) is 36.1 Å². The normalized spacial score (nSPS) is 16.7. The SMILES string of the molecule is C.Cc1nc(-c2ccc(C)c(N(CC(=O)NCCN3CCC(O)C3)CC(=O)N(C)N3Cc4ccccc4C3)c2)no1. The van der Waals surface area contributed by atoms with Crippen LogP contribution in [0.4, 0.5) is 5.69 Å². The van der Waals surface area contributed by atoms with E-state index in [1.54, 1.807) is 19.0 Å². The standard InChI is InChI=1S/C29H37N7O4.CH4/c1-20-8-9-22(29-31-21(2)40-32-29)14-26(20)35(18-27(38)30-11-13-34-12-10-25(37)17-34)19-28(39)33(3)36-15-23-6-4-5-7-24(23)16-36;/h4-9,14,25,37H,10-13,15-19H2,1-3H3,(H,30,38);1H4. The number of likely N-dealkylation sites (N-methyl/N-ethyl adjacent to an activating group) is 1. The number of aliphatic hydroxyl groups excluding tert-OH is 1. The zero-order chi connectivity index (χ0) is 28.2. The number of aliphatic hydroxyl groups is 1. The number of benzene rings is 2. The number of rotatable bonds is 10. The Morgan fingerprint density at radius 1 is 1.12 bits per heavy atom. The molecular formula is C30H41N7O4. The predicted octanol–water partition coefficient (Wildman–Crippen LogP) is 2.37. The summed E-state index contributed by atoms with van der Waals surface area (Å²) in [6, 6.07) is 13.9. The lowest BCUT2D eigenvalue weighted by molar-refractivity contribution is -0.145. The largest absolute Gasteiger partial charge is 0.392 e. The quantitative estimate of drug-likeness (QED) is 0.383. The van der Waals surface area contributed by atoms with Gasteiger partial charge in [0.25, 0.3) is 5.91 Å². The lowest BCUT2D eigenvalue weighted by Gasteiger charge is -2.32. The third-order valence-corrected chi connectivity index (χ3v) is 7.60. The highest BCUT2D eigenvalue weighted by Gasteiger charge is 2.27. The second-order valence-corrected chi connectivity index (χ2v) is 10.6. The van der Waals surface area contributed by atoms with Crippen LogP contribution in [-0.2, 0) is 22.7 Å². The molecule has 1 fully saturated rings. The van der Waals surface area contributed by atoms with Crippen molar-refractivity contribution < 1.29 is 19.2 Å². The van der Waals surface area contributed by atoms with Crippen molar-refractivity contribution in [3.63, 3.8) is 0 Å². The summed E-state index contributed by atoms with van der Waals surface area (Å²) in [6.07, 6.45) is 0.463. The third-order valence-electron chi connectivity index (χ3n) is 7.60. The van der Waals surface area contributed by atoms with Gasteiger partial charge >= 0.3 is 0 Å². The smallest absolute Gasteiger partial charge is 0.256 e. The number of aromatic nitrogens is 2. The van der Waals surface area contributed by atoms with E-state index in [1.165, 1.54) is 11.1 Å². The summed E-state index contributed by atoms with van der Waals surface area (Å²) in [6.45, 7) is 7.64. The number of hydrogen-bond acceptors (Lipinski definition) is 9. The Labute approximate surface area is 241 Å². The first-order valence-electron chi connectivity index (χ1n) is 13.7. The molecule has 3 heterocycles. The number of aryl methyl sites for hydroxylation is 2. The molecule has 11 nitrogen and oxygen atoms in total. The van der Waals surface area contributed by atoms with Crippen LogP contribution in [-0.4, -0.2) is 94.4 Å². The van der Waals surface area contributed by atoms with E-state index >= 15 is 0 Å². The zero-order valence-corrected chi connectivity index (χ0v) is 23.3. The van der Waals surface area contributed by atoms with E-state index < -0.39 is 0 Å². The van der Waals surface area contributed by atoms with Crippen molar-refractivity contribution in [1.29, 1.82) is 0 Å². The molecule has 3 aromatic rings. The molecule has 1 aromatic heterocycles. The lowest BCUT2D eigenvalue weighted by atomic mass is 10.1. The molecule has 41 heavy (non-hydrogen) atoms. The molecule has 2 aromatic carbocycles. The predicted molar refractivity (Wildman–Crippen MR) is 157 cm³/mol. The molecule has 2 amide bonds. The molecule has 220 valence electrons. The number of hydrazine groups is 1. The van der Waals surface area contributed by atoms with Crippen LogP contribution in [0.1, 0.15) is 36.4 Å². The van der Waals surface area contributed by atoms with Crippen LogP contribution in [0.2, 0.25) is 0 Å². The molecule has 1 atom stereocenters. The second kappa shape index (κ2) is 13.2. The Bertz CT molecular complexity index is 1340. The summed E-state index contributed by atoms with van der Waals surface area (Å²) in [5, 5.41) is 20.4. The van der Waals surface area contributed by atoms with Gasteiger partial charge in [0.2, 0.25) is 17.6 Å². The molecule has 0 aliphatic carbocycles. The number of amides is 2. The third kappa shape index (κ3) is 7.29. The van der Waals surface area contributed by atoms with Crippen LogP contribution in [0.25, 0.3) is 11.4 Å². The number of β-amino-alcohol motifs (C(OH)–C–C–N with tert-alkyl or cyclic N) is 1. The van der Waals surface area contributed by atoms with E-state index in [0.717, 1.165) is 29.8 Å². The van der Waals surface area contributed by atoms with Crippen molar-refractivity contribution in [2.45, 2.75) is 46.9 Å². The van der Waals surface area contributed by atoms with Crippen LogP contribution < -0.4 is 10.2 Å². The zero-order valence-electron chi connectivity index (χ0n) is 23.3. The van der Waals surface area contributed by atoms with Crippen LogP contribution in [0.5, 0.6) is 0 Å². The fourth-order valence-electron chi connectivity index (χ4n) is 5.28. The van der Waals surface area contributed by atoms with Gasteiger partial charge in [-0.1, -0.05) is 49.0 Å². The van der Waals surface area contributed by atoms with Crippen molar-refractivity contribution in [3.8, 4) is 11.4 Å². The minimum Gasteiger partial charge on any atom is -0.392 e. The summed E-state index contributed by atoms with van der Waals surface area (Å²) in [7, 11) is 1.78. The Balaban J connectivity index is 0.00000387. The van der Waals surface area contributed by atoms with Crippen LogP contribution >= 0.6 is 0 Å². The lowest BCUT2D eigenvalue weighted by Crippen LogP contribution is -2.48. The van der Waals surface area contributed by atoms with E-state index in [0.29, 0.717) is 44.4 Å². The number of anilines is 1. The molecule has 11 heteroatoms. The van der Waals surface area contributed by atoms with Crippen molar-refractivity contribution in [2.24, 2.45) is 0 Å². The molecule has 5 rings (SSSR count). The molecule has 1 unspecified atom stereocenters. The molecule has 2 aliphatic heterocycles. The summed E-state index contributed by atoms with van der Waals surface area (Å²) in [5.74, 6) is 0.618. The number of nitrogens with one attached hydrogen (secondary N) is 1. The van der Waals surface area contributed by atoms with Gasteiger partial charge in [-0.3, -0.25) is 19.5 Å². The average molecular weight is 564 g/mol. The first kappa shape index (κ1) is 30.2. The van der Waals surface area contributed by atoms with Gasteiger partial charge < -0.3 is 19.8 Å². The van der Waals surface area contributed by atoms with E-state index in [-0.39, 0.29) is 38.4 Å². The van der Waals surface area contributed by atoms with Gasteiger partial charge in [-0.2, -0.15) is 4.98 Å². The van der Waals surface area contributed by atoms with E-state index in [1.807, 2.05) is 47.2 Å². The van der Waals surface area contributed by atoms with Gasteiger partial charge in [0.05, 0.1) is 19.2 Å². The molecule has 0 spiro atoms. The maximum Gasteiger partial charge on any atom is 0.256 e. The van der Waals surface area contributed by atoms with Crippen LogP contribution in [0.3, 0.4) is 0 Å². The highest BCUT2D eigenvalue weighted by atomic mass is 16.5. The molecule has 0 radical (unpaired) electrons. The Kier molecular flexibility index (Phi) is 9.74. The average Bonchev–Trinajstić information content (AvgIpc) is 3.67. The number of nitrogens with zero attached hydrogens (tertiary/aromatic N) is 6. The summed E-state index contributed by atoms with van der Waals surface area (Å²) >= 11 is 0. The van der Waals surface area contributed by atoms with Crippen molar-refractivity contribution in [2.75, 3.05) is 51.2 Å². The number of hydrogen-bond donors (Lipinski definition) is 2. The molecule has 2 N–H and O–H groups in total. The van der Waals surface area contributed by atoms with Crippen LogP contribution in [0.15, 0.2) is 47.0 Å². The second-order valence-electron chi connectivity index (χ2n) is 10.6. The van der Waals surface area contributed by atoms with E-state index in [9.17, 15) is 14.7 Å². The van der Waals surface area contributed by atoms with Gasteiger partial charge in [0.1, 0.15) is 0 Å². The maximum atomic E-state index is 13.6. The van der Waals surface area contributed by atoms with Crippen molar-refractivity contribution in [3.05, 3.63) is 65.0 Å². The number of carbonyl (C=O) groups is 2. The number of carbonyl (C=O) groups excluding carboxylic acids is 2. The molecule has 2 aliphatic rings. The minimum atomic E-state index is -0.296. The van der Waals surface area contributed by atoms with Crippen molar-refractivity contribution >= 4 is 17.5 Å². The molecule has 0 bridgehead atoms. The maximum absolute atomic E-state index is 13.6. The van der Waals surface area contributed by atoms with Gasteiger partial charge in [0.15, 0.2) is 0 Å². The first-order valence-corrected chi connectivity index (χ1v) is 13.7. The molecule has 0 saturated carbocycles. The first-order chi connectivity index (χ1) is 19.3. The Morgan fingerprint density at radius 3 is 2.49 bits per heavy atom. The van der Waals surface area contributed by atoms with E-state index in [4.69, 9.17) is 4.52 Å². The van der Waals surface area contributed by atoms with Crippen LogP contribution in [0, 0.1) is 13.8 Å². The summed E-state index contributed by atoms with van der Waals surface area (Å²) in [4.78, 5) is 35.0. The number of fused-ring (bicyclic) bond motifs is 1. The molecular weight excluding hydrogens is 522 g/mol. The van der Waals surface area contributed by atoms with Gasteiger partial charge in [-0.25, -0.2) is 5.01 Å². The van der Waals surface area contributed by atoms with Gasteiger partial charge in [-0.15, -0.1) is 0 Å². The highest BCUT2D eigenvalue weighted by molar-refractivity contribution is 5.87. The van der Waals surface area contributed by atoms with Crippen molar-refractivity contribution in [1.82, 2.24) is 30.4 Å². The fraction of sp³-hybridized carbons (Fsp3) is 0.467. The monoisotopic (exact) mass is 563 g/mol. The highest BCUT2D eigenvalue weighted by Crippen LogP contribution is 2.28. The topological polar surface area (TPSA) is 118 Å². The summed E-state index contributed by atoms with van der Waals surface area (Å²) < 4.78 is 5.16. The van der Waals surface area contributed by atoms with Gasteiger partial charge in [0, 0.05) is 64.5 Å². The Hall–Kier alpha value is -3.80. The number of likely N-dealkylation sites (tertiary alicyclic amines) is 1. The fourth-order valence-corrected chi connectivity index (χ4v) is 5.28. The van der Waals surface area contributed by atoms with E-state index in [2.05, 4.69) is 32.5 Å². The molecule has 1 saturated heterocycles. The Morgan fingerprint density at radius 2 is 1.85 bits per heavy atom. The summed E-state index contributed by atoms with van der Waals surface area (Å²) in [5.41, 5.74) is 4.84.